The Kier molecular flexibility index (Phi) is 4.68. The number of hydrogen-bond acceptors (Lipinski definition) is 1. The van der Waals surface area contributed by atoms with Gasteiger partial charge in [-0.3, -0.25) is 4.79 Å². The van der Waals surface area contributed by atoms with Crippen LogP contribution in [0.15, 0.2) is 24.4 Å². The average molecular weight is 381 g/mol. The maximum Gasteiger partial charge on any atom is 0.253 e. The molecule has 2 aliphatic carbocycles. The van der Waals surface area contributed by atoms with E-state index in [-0.39, 0.29) is 24.7 Å². The van der Waals surface area contributed by atoms with Crippen molar-refractivity contribution in [2.24, 2.45) is 5.92 Å². The third kappa shape index (κ3) is 3.34. The van der Waals surface area contributed by atoms with Gasteiger partial charge in [-0.1, -0.05) is 18.0 Å². The first-order valence-corrected chi connectivity index (χ1v) is 9.78. The lowest BCUT2D eigenvalue weighted by Gasteiger charge is -2.28. The van der Waals surface area contributed by atoms with E-state index in [0.717, 1.165) is 24.1 Å². The quantitative estimate of drug-likeness (QED) is 0.755. The molecule has 0 aromatic carbocycles. The minimum absolute atomic E-state index is 0.0830. The Labute approximate surface area is 156 Å². The van der Waals surface area contributed by atoms with E-state index < -0.39 is 5.92 Å². The SMILES string of the molecule is O=C(NCC1CCC(F)(F)CC1)c1cc(C2CCC2)n2cccc(Cl)c12. The fraction of sp³-hybridized carbons (Fsp3) is 0.550. The van der Waals surface area contributed by atoms with Gasteiger partial charge in [-0.15, -0.1) is 0 Å². The number of hydrogen-bond donors (Lipinski definition) is 1. The third-order valence-corrected chi connectivity index (χ3v) is 6.23. The summed E-state index contributed by atoms with van der Waals surface area (Å²) in [6.07, 6.45) is 6.18. The molecule has 1 N–H and O–H groups in total. The molecule has 2 heterocycles. The molecule has 2 aliphatic rings. The fourth-order valence-corrected chi connectivity index (χ4v) is 4.34. The molecule has 26 heavy (non-hydrogen) atoms. The topological polar surface area (TPSA) is 33.5 Å². The van der Waals surface area contributed by atoms with Gasteiger partial charge in [0.1, 0.15) is 0 Å². The monoisotopic (exact) mass is 380 g/mol. The lowest BCUT2D eigenvalue weighted by atomic mass is 9.83. The molecule has 0 aliphatic heterocycles. The van der Waals surface area contributed by atoms with Crippen molar-refractivity contribution in [3.05, 3.63) is 40.7 Å². The van der Waals surface area contributed by atoms with Gasteiger partial charge in [0, 0.05) is 31.3 Å². The number of alkyl halides is 2. The van der Waals surface area contributed by atoms with Crippen LogP contribution in [0.5, 0.6) is 0 Å². The van der Waals surface area contributed by atoms with Crippen LogP contribution in [0, 0.1) is 5.92 Å². The molecule has 1 amide bonds. The molecule has 0 saturated heterocycles. The largest absolute Gasteiger partial charge is 0.352 e. The first-order chi connectivity index (χ1) is 12.4. The normalized spacial score (nSPS) is 20.9. The van der Waals surface area contributed by atoms with E-state index in [1.54, 1.807) is 6.07 Å². The number of pyridine rings is 1. The molecule has 0 unspecified atom stereocenters. The van der Waals surface area contributed by atoms with E-state index in [9.17, 15) is 13.6 Å². The molecule has 0 spiro atoms. The van der Waals surface area contributed by atoms with Crippen LogP contribution in [0.2, 0.25) is 5.02 Å². The van der Waals surface area contributed by atoms with Crippen molar-refractivity contribution >= 4 is 23.0 Å². The van der Waals surface area contributed by atoms with Crippen molar-refractivity contribution in [3.63, 3.8) is 0 Å². The van der Waals surface area contributed by atoms with Gasteiger partial charge < -0.3 is 9.72 Å². The molecule has 6 heteroatoms. The van der Waals surface area contributed by atoms with Crippen LogP contribution in [-0.2, 0) is 0 Å². The van der Waals surface area contributed by atoms with Crippen LogP contribution in [0.4, 0.5) is 8.78 Å². The Morgan fingerprint density at radius 1 is 1.27 bits per heavy atom. The number of halogens is 3. The Bertz CT molecular complexity index is 819. The summed E-state index contributed by atoms with van der Waals surface area (Å²) in [5.74, 6) is -2.11. The van der Waals surface area contributed by atoms with Crippen molar-refractivity contribution < 1.29 is 13.6 Å². The number of rotatable bonds is 4. The van der Waals surface area contributed by atoms with Crippen LogP contribution in [-0.4, -0.2) is 22.8 Å². The molecule has 2 saturated carbocycles. The summed E-state index contributed by atoms with van der Waals surface area (Å²) in [6, 6.07) is 5.64. The van der Waals surface area contributed by atoms with Crippen molar-refractivity contribution in [2.75, 3.05) is 6.54 Å². The minimum Gasteiger partial charge on any atom is -0.352 e. The lowest BCUT2D eigenvalue weighted by molar-refractivity contribution is -0.0452. The van der Waals surface area contributed by atoms with Crippen molar-refractivity contribution in [1.82, 2.24) is 9.72 Å². The number of aromatic nitrogens is 1. The van der Waals surface area contributed by atoms with Crippen LogP contribution >= 0.6 is 11.6 Å². The van der Waals surface area contributed by atoms with E-state index in [1.165, 1.54) is 6.42 Å². The van der Waals surface area contributed by atoms with Crippen molar-refractivity contribution in [1.29, 1.82) is 0 Å². The molecule has 2 aromatic rings. The zero-order valence-electron chi connectivity index (χ0n) is 14.6. The van der Waals surface area contributed by atoms with E-state index >= 15 is 0 Å². The lowest BCUT2D eigenvalue weighted by Crippen LogP contribution is -2.33. The molecule has 0 radical (unpaired) electrons. The van der Waals surface area contributed by atoms with Gasteiger partial charge in [0.25, 0.3) is 5.91 Å². The highest BCUT2D eigenvalue weighted by atomic mass is 35.5. The minimum atomic E-state index is -2.54. The van der Waals surface area contributed by atoms with Gasteiger partial charge in [0.2, 0.25) is 5.92 Å². The number of nitrogens with zero attached hydrogens (tertiary/aromatic N) is 1. The highest BCUT2D eigenvalue weighted by molar-refractivity contribution is 6.34. The van der Waals surface area contributed by atoms with Gasteiger partial charge in [0.15, 0.2) is 0 Å². The predicted molar refractivity (Wildman–Crippen MR) is 98.2 cm³/mol. The van der Waals surface area contributed by atoms with E-state index in [4.69, 9.17) is 11.6 Å². The number of carbonyl (C=O) groups is 1. The molecule has 4 rings (SSSR count). The number of fused-ring (bicyclic) bond motifs is 1. The van der Waals surface area contributed by atoms with Crippen LogP contribution in [0.1, 0.15) is 66.9 Å². The van der Waals surface area contributed by atoms with E-state index in [2.05, 4.69) is 5.32 Å². The molecule has 2 aromatic heterocycles. The summed E-state index contributed by atoms with van der Waals surface area (Å²) in [5, 5.41) is 3.50. The molecular weight excluding hydrogens is 358 g/mol. The van der Waals surface area contributed by atoms with Crippen molar-refractivity contribution in [2.45, 2.75) is 56.8 Å². The summed E-state index contributed by atoms with van der Waals surface area (Å²) >= 11 is 6.38. The first-order valence-electron chi connectivity index (χ1n) is 9.40. The highest BCUT2D eigenvalue weighted by Crippen LogP contribution is 2.39. The first kappa shape index (κ1) is 17.8. The third-order valence-electron chi connectivity index (χ3n) is 5.93. The second kappa shape index (κ2) is 6.84. The summed E-state index contributed by atoms with van der Waals surface area (Å²) in [6.45, 7) is 0.440. The van der Waals surface area contributed by atoms with Crippen molar-refractivity contribution in [3.8, 4) is 0 Å². The second-order valence-electron chi connectivity index (χ2n) is 7.69. The molecule has 0 bridgehead atoms. The maximum absolute atomic E-state index is 13.3. The number of nitrogens with one attached hydrogen (secondary N) is 1. The Hall–Kier alpha value is -1.62. The van der Waals surface area contributed by atoms with Crippen LogP contribution in [0.25, 0.3) is 5.52 Å². The number of carbonyl (C=O) groups excluding carboxylic acids is 1. The van der Waals surface area contributed by atoms with E-state index in [1.807, 2.05) is 22.7 Å². The smallest absolute Gasteiger partial charge is 0.253 e. The Morgan fingerprint density at radius 2 is 2.00 bits per heavy atom. The molecule has 0 atom stereocenters. The number of amides is 1. The van der Waals surface area contributed by atoms with Crippen LogP contribution < -0.4 is 5.32 Å². The summed E-state index contributed by atoms with van der Waals surface area (Å²) < 4.78 is 28.6. The van der Waals surface area contributed by atoms with Gasteiger partial charge in [-0.05, 0) is 55.7 Å². The molecule has 2 fully saturated rings. The summed E-state index contributed by atoms with van der Waals surface area (Å²) in [5.41, 5.74) is 2.46. The highest BCUT2D eigenvalue weighted by Gasteiger charge is 2.35. The Balaban J connectivity index is 1.52. The molecule has 3 nitrogen and oxygen atoms in total. The fourth-order valence-electron chi connectivity index (χ4n) is 4.07. The van der Waals surface area contributed by atoms with Gasteiger partial charge in [-0.2, -0.15) is 0 Å². The second-order valence-corrected chi connectivity index (χ2v) is 8.10. The molecular formula is C20H23ClF2N2O. The summed E-state index contributed by atoms with van der Waals surface area (Å²) in [4.78, 5) is 12.8. The average Bonchev–Trinajstić information content (AvgIpc) is 2.93. The zero-order valence-corrected chi connectivity index (χ0v) is 15.4. The predicted octanol–water partition coefficient (Wildman–Crippen LogP) is 5.42. The van der Waals surface area contributed by atoms with Gasteiger partial charge in [0.05, 0.1) is 16.1 Å². The molecule has 140 valence electrons. The van der Waals surface area contributed by atoms with Gasteiger partial charge >= 0.3 is 0 Å². The van der Waals surface area contributed by atoms with E-state index in [0.29, 0.717) is 35.9 Å². The summed E-state index contributed by atoms with van der Waals surface area (Å²) in [7, 11) is 0. The Morgan fingerprint density at radius 3 is 2.65 bits per heavy atom. The van der Waals surface area contributed by atoms with Gasteiger partial charge in [-0.25, -0.2) is 8.78 Å². The standard InChI is InChI=1S/C20H23ClF2N2O/c21-16-5-2-10-25-17(14-3-1-4-14)11-15(18(16)25)19(26)24-12-13-6-8-20(22,23)9-7-13/h2,5,10-11,13-14H,1,3-4,6-9,12H2,(H,24,26). The maximum atomic E-state index is 13.3. The van der Waals surface area contributed by atoms with Crippen LogP contribution in [0.3, 0.4) is 0 Å². The zero-order chi connectivity index (χ0) is 18.3.